The van der Waals surface area contributed by atoms with Crippen molar-refractivity contribution in [2.75, 3.05) is 14.2 Å². The predicted octanol–water partition coefficient (Wildman–Crippen LogP) is 0.795. The smallest absolute Gasteiger partial charge is 0.354 e. The summed E-state index contributed by atoms with van der Waals surface area (Å²) in [7, 11) is 2.76. The fraction of sp³-hybridized carbons (Fsp3) is 0.556. The number of hydrogen-bond acceptors (Lipinski definition) is 4. The van der Waals surface area contributed by atoms with Crippen molar-refractivity contribution in [3.05, 3.63) is 16.7 Å². The highest BCUT2D eigenvalue weighted by atomic mass is 16.8. The summed E-state index contributed by atoms with van der Waals surface area (Å²) in [4.78, 5) is 27.6. The molecule has 0 atom stereocenters. The molecule has 0 aromatic carbocycles. The maximum absolute atomic E-state index is 11.4. The van der Waals surface area contributed by atoms with E-state index in [1.807, 2.05) is 13.8 Å². The van der Waals surface area contributed by atoms with Crippen molar-refractivity contribution < 1.29 is 14.6 Å². The molecule has 1 heterocycles. The lowest BCUT2D eigenvalue weighted by atomic mass is 10.4. The molecule has 0 fully saturated rings. The lowest BCUT2D eigenvalue weighted by molar-refractivity contribution is -0.740. The summed E-state index contributed by atoms with van der Waals surface area (Å²) in [6.07, 6.45) is 0. The maximum atomic E-state index is 11.4. The summed E-state index contributed by atoms with van der Waals surface area (Å²) in [5.74, 6) is -0.152. The molecule has 0 bridgehead atoms. The van der Waals surface area contributed by atoms with Crippen LogP contribution in [-0.2, 0) is 4.84 Å². The maximum Gasteiger partial charge on any atom is 0.391 e. The van der Waals surface area contributed by atoms with Crippen LogP contribution >= 0.6 is 0 Å². The van der Waals surface area contributed by atoms with Gasteiger partial charge in [0.25, 0.3) is 5.91 Å². The zero-order valence-corrected chi connectivity index (χ0v) is 9.72. The number of carbonyl (C=O) groups is 1. The molecule has 0 radical (unpaired) electrons. The van der Waals surface area contributed by atoms with E-state index in [2.05, 4.69) is 15.3 Å². The van der Waals surface area contributed by atoms with Crippen molar-refractivity contribution in [2.45, 2.75) is 19.9 Å². The van der Waals surface area contributed by atoms with E-state index in [4.69, 9.17) is 0 Å². The third-order valence-corrected chi connectivity index (χ3v) is 2.02. The number of hydrogen-bond donors (Lipinski definition) is 1. The highest BCUT2D eigenvalue weighted by molar-refractivity contribution is 5.92. The Bertz CT molecular complexity index is 411. The highest BCUT2D eigenvalue weighted by Gasteiger charge is 2.27. The van der Waals surface area contributed by atoms with Crippen LogP contribution in [0, 0.1) is 4.91 Å². The van der Waals surface area contributed by atoms with Gasteiger partial charge >= 0.3 is 5.82 Å². The van der Waals surface area contributed by atoms with Gasteiger partial charge in [-0.05, 0) is 18.8 Å². The molecule has 1 amide bonds. The summed E-state index contributed by atoms with van der Waals surface area (Å²) >= 11 is 0. The molecule has 1 N–H and O–H groups in total. The fourth-order valence-corrected chi connectivity index (χ4v) is 1.23. The van der Waals surface area contributed by atoms with Crippen molar-refractivity contribution in [1.29, 1.82) is 0 Å². The van der Waals surface area contributed by atoms with Crippen molar-refractivity contribution >= 4 is 11.7 Å². The molecule has 0 saturated carbocycles. The number of amides is 1. The third kappa shape index (κ3) is 2.18. The SMILES string of the molecule is CNC(=O)c1cc([N+](=O)OC)n(C(C)C)n1. The first-order valence-electron chi connectivity index (χ1n) is 4.84. The summed E-state index contributed by atoms with van der Waals surface area (Å²) in [6.45, 7) is 3.71. The van der Waals surface area contributed by atoms with Crippen molar-refractivity contribution in [3.63, 3.8) is 0 Å². The lowest BCUT2D eigenvalue weighted by Gasteiger charge is -1.99. The van der Waals surface area contributed by atoms with Gasteiger partial charge in [-0.3, -0.25) is 4.79 Å². The van der Waals surface area contributed by atoms with Gasteiger partial charge in [-0.1, -0.05) is 5.10 Å². The summed E-state index contributed by atoms with van der Waals surface area (Å²) in [5, 5.41) is 6.47. The van der Waals surface area contributed by atoms with Gasteiger partial charge in [0.1, 0.15) is 13.2 Å². The second kappa shape index (κ2) is 4.73. The zero-order valence-electron chi connectivity index (χ0n) is 9.72. The number of rotatable bonds is 4. The first-order chi connectivity index (χ1) is 7.51. The monoisotopic (exact) mass is 227 g/mol. The van der Waals surface area contributed by atoms with Crippen LogP contribution < -0.4 is 5.32 Å². The van der Waals surface area contributed by atoms with Crippen LogP contribution in [0.4, 0.5) is 5.82 Å². The Morgan fingerprint density at radius 3 is 2.69 bits per heavy atom. The summed E-state index contributed by atoms with van der Waals surface area (Å²) in [6, 6.07) is 1.34. The van der Waals surface area contributed by atoms with Gasteiger partial charge in [-0.15, -0.1) is 4.68 Å². The van der Waals surface area contributed by atoms with Gasteiger partial charge < -0.3 is 10.2 Å². The van der Waals surface area contributed by atoms with Crippen molar-refractivity contribution in [2.24, 2.45) is 0 Å². The molecule has 0 aliphatic rings. The Labute approximate surface area is 92.9 Å². The molecule has 0 aliphatic heterocycles. The molecule has 7 heteroatoms. The molecule has 1 aromatic heterocycles. The number of nitrogens with zero attached hydrogens (tertiary/aromatic N) is 3. The zero-order chi connectivity index (χ0) is 12.3. The van der Waals surface area contributed by atoms with E-state index in [1.165, 1.54) is 24.9 Å². The molecule has 0 aliphatic carbocycles. The second-order valence-electron chi connectivity index (χ2n) is 3.44. The fourth-order valence-electron chi connectivity index (χ4n) is 1.23. The molecule has 0 unspecified atom stereocenters. The van der Waals surface area contributed by atoms with Gasteiger partial charge in [0, 0.05) is 7.05 Å². The van der Waals surface area contributed by atoms with Gasteiger partial charge in [0.2, 0.25) is 0 Å². The van der Waals surface area contributed by atoms with Gasteiger partial charge in [0.15, 0.2) is 10.6 Å². The topological polar surface area (TPSA) is 76.2 Å². The van der Waals surface area contributed by atoms with E-state index in [-0.39, 0.29) is 23.5 Å². The Kier molecular flexibility index (Phi) is 3.60. The van der Waals surface area contributed by atoms with E-state index in [9.17, 15) is 9.70 Å². The largest absolute Gasteiger partial charge is 0.391 e. The minimum atomic E-state index is -0.342. The van der Waals surface area contributed by atoms with E-state index >= 15 is 0 Å². The Hall–Kier alpha value is -1.92. The average molecular weight is 227 g/mol. The predicted molar refractivity (Wildman–Crippen MR) is 56.3 cm³/mol. The molecule has 88 valence electrons. The molecule has 1 aromatic rings. The first kappa shape index (κ1) is 12.2. The lowest BCUT2D eigenvalue weighted by Crippen LogP contribution is -2.19. The average Bonchev–Trinajstić information content (AvgIpc) is 2.71. The number of aromatic nitrogens is 2. The van der Waals surface area contributed by atoms with Crippen LogP contribution in [0.5, 0.6) is 0 Å². The molecule has 16 heavy (non-hydrogen) atoms. The van der Waals surface area contributed by atoms with Crippen LogP contribution in [0.2, 0.25) is 0 Å². The highest BCUT2D eigenvalue weighted by Crippen LogP contribution is 2.18. The van der Waals surface area contributed by atoms with E-state index < -0.39 is 0 Å². The van der Waals surface area contributed by atoms with E-state index in [1.54, 1.807) is 0 Å². The van der Waals surface area contributed by atoms with Gasteiger partial charge in [-0.25, -0.2) is 0 Å². The van der Waals surface area contributed by atoms with Crippen LogP contribution in [0.1, 0.15) is 30.4 Å². The van der Waals surface area contributed by atoms with Gasteiger partial charge in [0.05, 0.1) is 6.07 Å². The van der Waals surface area contributed by atoms with Gasteiger partial charge in [-0.2, -0.15) is 0 Å². The molecule has 7 nitrogen and oxygen atoms in total. The summed E-state index contributed by atoms with van der Waals surface area (Å²) in [5.41, 5.74) is 0.184. The van der Waals surface area contributed by atoms with Crippen LogP contribution in [-0.4, -0.2) is 34.8 Å². The van der Waals surface area contributed by atoms with E-state index in [0.717, 1.165) is 0 Å². The Morgan fingerprint density at radius 1 is 1.62 bits per heavy atom. The Morgan fingerprint density at radius 2 is 2.25 bits per heavy atom. The Balaban J connectivity index is 3.20. The van der Waals surface area contributed by atoms with Crippen molar-refractivity contribution in [3.8, 4) is 0 Å². The quantitative estimate of drug-likeness (QED) is 0.772. The summed E-state index contributed by atoms with van der Waals surface area (Å²) < 4.78 is 1.43. The second-order valence-corrected chi connectivity index (χ2v) is 3.44. The minimum Gasteiger partial charge on any atom is -0.354 e. The minimum absolute atomic E-state index is 0.0417. The van der Waals surface area contributed by atoms with Crippen LogP contribution in [0.25, 0.3) is 0 Å². The standard InChI is InChI=1S/C9H14N4O3/c1-6(2)12-8(13(15)16-4)5-7(11-12)9(14)10-3/h5-6H,1-4H3/p+1. The van der Waals surface area contributed by atoms with E-state index in [0.29, 0.717) is 4.92 Å². The van der Waals surface area contributed by atoms with Crippen LogP contribution in [0.15, 0.2) is 6.07 Å². The van der Waals surface area contributed by atoms with Crippen LogP contribution in [0.3, 0.4) is 0 Å². The molecule has 0 saturated heterocycles. The molecule has 0 spiro atoms. The van der Waals surface area contributed by atoms with Crippen molar-refractivity contribution in [1.82, 2.24) is 15.1 Å². The third-order valence-electron chi connectivity index (χ3n) is 2.02. The molecular weight excluding hydrogens is 212 g/mol. The number of nitrogens with one attached hydrogen (secondary N) is 1. The molecular formula is C9H15N4O3+. The normalized spacial score (nSPS) is 10.3. The molecule has 1 rings (SSSR count). The number of carbonyl (C=O) groups excluding carboxylic acids is 1. The first-order valence-corrected chi connectivity index (χ1v) is 4.84.